The molecule has 2 unspecified atom stereocenters. The van der Waals surface area contributed by atoms with Crippen LogP contribution in [-0.4, -0.2) is 50.9 Å². The van der Waals surface area contributed by atoms with Crippen molar-refractivity contribution in [3.8, 4) is 0 Å². The van der Waals surface area contributed by atoms with Crippen LogP contribution < -0.4 is 10.2 Å². The van der Waals surface area contributed by atoms with E-state index in [1.807, 2.05) is 14.0 Å². The highest BCUT2D eigenvalue weighted by molar-refractivity contribution is 7.89. The maximum absolute atomic E-state index is 13.0. The van der Waals surface area contributed by atoms with Crippen LogP contribution in [0.15, 0.2) is 23.1 Å². The quantitative estimate of drug-likeness (QED) is 0.858. The summed E-state index contributed by atoms with van der Waals surface area (Å²) >= 11 is 0. The number of rotatable bonds is 3. The summed E-state index contributed by atoms with van der Waals surface area (Å²) in [5.41, 5.74) is 1.77. The molecule has 25 heavy (non-hydrogen) atoms. The van der Waals surface area contributed by atoms with Gasteiger partial charge in [-0.15, -0.1) is 12.4 Å². The van der Waals surface area contributed by atoms with Crippen molar-refractivity contribution in [3.63, 3.8) is 0 Å². The second kappa shape index (κ2) is 7.61. The Bertz CT molecular complexity index is 754. The number of carbonyl (C=O) groups excluding carboxylic acids is 1. The number of halogens is 1. The summed E-state index contributed by atoms with van der Waals surface area (Å²) in [5.74, 6) is -0.00949. The van der Waals surface area contributed by atoms with Crippen LogP contribution in [0, 0.1) is 0 Å². The maximum atomic E-state index is 13.0. The van der Waals surface area contributed by atoms with Gasteiger partial charge in [-0.2, -0.15) is 4.31 Å². The Hall–Kier alpha value is -1.15. The smallest absolute Gasteiger partial charge is 0.243 e. The van der Waals surface area contributed by atoms with E-state index in [9.17, 15) is 13.2 Å². The molecule has 1 aromatic rings. The monoisotopic (exact) mass is 387 g/mol. The molecule has 0 aromatic heterocycles. The lowest BCUT2D eigenvalue weighted by Crippen LogP contribution is -2.46. The van der Waals surface area contributed by atoms with Crippen molar-refractivity contribution in [1.82, 2.24) is 9.62 Å². The van der Waals surface area contributed by atoms with Crippen LogP contribution >= 0.6 is 12.4 Å². The van der Waals surface area contributed by atoms with E-state index in [0.29, 0.717) is 24.4 Å². The highest BCUT2D eigenvalue weighted by Gasteiger charge is 2.33. The molecule has 140 valence electrons. The maximum Gasteiger partial charge on any atom is 0.243 e. The van der Waals surface area contributed by atoms with Crippen molar-refractivity contribution in [2.75, 3.05) is 25.0 Å². The van der Waals surface area contributed by atoms with Gasteiger partial charge >= 0.3 is 0 Å². The summed E-state index contributed by atoms with van der Waals surface area (Å²) in [4.78, 5) is 13.9. The van der Waals surface area contributed by atoms with Gasteiger partial charge in [-0.05, 0) is 57.0 Å². The normalized spacial score (nSPS) is 23.9. The van der Waals surface area contributed by atoms with Crippen molar-refractivity contribution < 1.29 is 13.2 Å². The molecule has 8 heteroatoms. The Morgan fingerprint density at radius 2 is 2.04 bits per heavy atom. The Kier molecular flexibility index (Phi) is 6.14. The van der Waals surface area contributed by atoms with E-state index in [1.165, 1.54) is 0 Å². The fourth-order valence-corrected chi connectivity index (χ4v) is 5.37. The van der Waals surface area contributed by atoms with E-state index >= 15 is 0 Å². The molecule has 1 saturated heterocycles. The van der Waals surface area contributed by atoms with Crippen molar-refractivity contribution >= 4 is 34.0 Å². The van der Waals surface area contributed by atoms with Gasteiger partial charge in [0.15, 0.2) is 0 Å². The van der Waals surface area contributed by atoms with Gasteiger partial charge in [0.2, 0.25) is 15.9 Å². The first-order chi connectivity index (χ1) is 11.3. The van der Waals surface area contributed by atoms with Crippen LogP contribution in [0.1, 0.15) is 32.3 Å². The molecule has 1 amide bonds. The molecule has 1 fully saturated rings. The minimum atomic E-state index is -3.49. The van der Waals surface area contributed by atoms with E-state index in [1.54, 1.807) is 34.3 Å². The third kappa shape index (κ3) is 3.69. The molecule has 0 saturated carbocycles. The van der Waals surface area contributed by atoms with E-state index in [4.69, 9.17) is 0 Å². The van der Waals surface area contributed by atoms with E-state index in [-0.39, 0.29) is 30.4 Å². The van der Waals surface area contributed by atoms with Crippen LogP contribution in [0.25, 0.3) is 0 Å². The van der Waals surface area contributed by atoms with Crippen molar-refractivity contribution in [3.05, 3.63) is 23.8 Å². The summed E-state index contributed by atoms with van der Waals surface area (Å²) in [7, 11) is -1.62. The van der Waals surface area contributed by atoms with E-state index in [0.717, 1.165) is 24.1 Å². The van der Waals surface area contributed by atoms with Crippen molar-refractivity contribution in [2.45, 2.75) is 50.1 Å². The highest BCUT2D eigenvalue weighted by Crippen LogP contribution is 2.34. The summed E-state index contributed by atoms with van der Waals surface area (Å²) < 4.78 is 27.5. The van der Waals surface area contributed by atoms with Gasteiger partial charge in [-0.3, -0.25) is 4.79 Å². The predicted octanol–water partition coefficient (Wildman–Crippen LogP) is 1.78. The molecular formula is C17H26ClN3O3S. The summed E-state index contributed by atoms with van der Waals surface area (Å²) in [6, 6.07) is 5.42. The Balaban J connectivity index is 0.00000225. The third-order valence-corrected chi connectivity index (χ3v) is 6.90. The molecule has 0 radical (unpaired) electrons. The molecule has 3 rings (SSSR count). The number of hydrogen-bond donors (Lipinski definition) is 1. The molecule has 0 aliphatic carbocycles. The summed E-state index contributed by atoms with van der Waals surface area (Å²) in [5, 5.41) is 3.17. The van der Waals surface area contributed by atoms with Crippen LogP contribution in [0.4, 0.5) is 5.69 Å². The first kappa shape index (κ1) is 20.2. The Morgan fingerprint density at radius 3 is 2.68 bits per heavy atom. The second-order valence-electron chi connectivity index (χ2n) is 6.72. The number of hydrogen-bond acceptors (Lipinski definition) is 4. The van der Waals surface area contributed by atoms with Gasteiger partial charge in [0, 0.05) is 37.8 Å². The minimum absolute atomic E-state index is 0. The first-order valence-corrected chi connectivity index (χ1v) is 9.88. The Morgan fingerprint density at radius 1 is 1.32 bits per heavy atom. The lowest BCUT2D eigenvalue weighted by atomic mass is 10.1. The number of fused-ring (bicyclic) bond motifs is 1. The third-order valence-electron chi connectivity index (χ3n) is 5.04. The molecule has 1 aromatic carbocycles. The number of nitrogens with one attached hydrogen (secondary N) is 1. The molecule has 2 heterocycles. The van der Waals surface area contributed by atoms with Crippen LogP contribution in [0.2, 0.25) is 0 Å². The number of likely N-dealkylation sites (N-methyl/N-ethyl adjacent to an activating group) is 1. The Labute approximate surface area is 156 Å². The summed E-state index contributed by atoms with van der Waals surface area (Å²) in [6.07, 6.45) is 2.56. The lowest BCUT2D eigenvalue weighted by molar-refractivity contribution is -0.116. The van der Waals surface area contributed by atoms with Crippen molar-refractivity contribution in [1.29, 1.82) is 0 Å². The van der Waals surface area contributed by atoms with Gasteiger partial charge in [-0.1, -0.05) is 0 Å². The number of sulfonamides is 1. The molecule has 2 aliphatic heterocycles. The topological polar surface area (TPSA) is 69.7 Å². The fraction of sp³-hybridized carbons (Fsp3) is 0.588. The zero-order valence-electron chi connectivity index (χ0n) is 14.9. The SMILES string of the molecule is CNC1CCCN(S(=O)(=O)c2ccc3c(c2)CC(C)N3C(C)=O)C1.Cl. The van der Waals surface area contributed by atoms with E-state index < -0.39 is 10.0 Å². The van der Waals surface area contributed by atoms with Gasteiger partial charge in [-0.25, -0.2) is 8.42 Å². The van der Waals surface area contributed by atoms with Crippen LogP contribution in [-0.2, 0) is 21.2 Å². The number of anilines is 1. The van der Waals surface area contributed by atoms with Crippen molar-refractivity contribution in [2.24, 2.45) is 0 Å². The number of piperidine rings is 1. The lowest BCUT2D eigenvalue weighted by Gasteiger charge is -2.31. The van der Waals surface area contributed by atoms with Gasteiger partial charge in [0.1, 0.15) is 0 Å². The second-order valence-corrected chi connectivity index (χ2v) is 8.66. The molecule has 0 spiro atoms. The molecule has 2 atom stereocenters. The van der Waals surface area contributed by atoms with E-state index in [2.05, 4.69) is 5.32 Å². The standard InChI is InChI=1S/C17H25N3O3S.ClH/c1-12-9-14-10-16(6-7-17(14)20(12)13(2)21)24(22,23)19-8-4-5-15(11-19)18-3;/h6-7,10,12,15,18H,4-5,8-9,11H2,1-3H3;1H. The largest absolute Gasteiger partial charge is 0.316 e. The molecule has 2 aliphatic rings. The average molecular weight is 388 g/mol. The number of benzene rings is 1. The number of amides is 1. The fourth-order valence-electron chi connectivity index (χ4n) is 3.79. The van der Waals surface area contributed by atoms with Gasteiger partial charge in [0.25, 0.3) is 0 Å². The first-order valence-electron chi connectivity index (χ1n) is 8.44. The molecule has 1 N–H and O–H groups in total. The average Bonchev–Trinajstić information content (AvgIpc) is 2.89. The molecule has 6 nitrogen and oxygen atoms in total. The predicted molar refractivity (Wildman–Crippen MR) is 101 cm³/mol. The van der Waals surface area contributed by atoms with Crippen LogP contribution in [0.5, 0.6) is 0 Å². The zero-order valence-corrected chi connectivity index (χ0v) is 16.5. The van der Waals surface area contributed by atoms with Gasteiger partial charge < -0.3 is 10.2 Å². The molecule has 0 bridgehead atoms. The summed E-state index contributed by atoms with van der Waals surface area (Å²) in [6.45, 7) is 4.60. The van der Waals surface area contributed by atoms with Gasteiger partial charge in [0.05, 0.1) is 4.90 Å². The minimum Gasteiger partial charge on any atom is -0.316 e. The zero-order chi connectivity index (χ0) is 17.5. The van der Waals surface area contributed by atoms with Crippen LogP contribution in [0.3, 0.4) is 0 Å². The number of carbonyl (C=O) groups is 1. The number of nitrogens with zero attached hydrogens (tertiary/aromatic N) is 2. The highest BCUT2D eigenvalue weighted by atomic mass is 35.5. The molecular weight excluding hydrogens is 362 g/mol.